The maximum atomic E-state index is 12.8. The first kappa shape index (κ1) is 20.0. The first-order valence-corrected chi connectivity index (χ1v) is 8.52. The van der Waals surface area contributed by atoms with Gasteiger partial charge in [-0.25, -0.2) is 0 Å². The smallest absolute Gasteiger partial charge is 0.249 e. The molecule has 2 N–H and O–H groups in total. The molecule has 0 bridgehead atoms. The molecule has 1 unspecified atom stereocenters. The van der Waals surface area contributed by atoms with E-state index >= 15 is 0 Å². The Hall–Kier alpha value is -1.34. The van der Waals surface area contributed by atoms with Crippen LogP contribution in [0.4, 0.5) is 5.69 Å². The molecule has 1 aromatic rings. The number of hydrogen-bond donors (Lipinski definition) is 1. The Morgan fingerprint density at radius 3 is 2.64 bits per heavy atom. The van der Waals surface area contributed by atoms with E-state index < -0.39 is 11.6 Å². The van der Waals surface area contributed by atoms with Crippen LogP contribution in [0.15, 0.2) is 24.3 Å². The second-order valence-electron chi connectivity index (χ2n) is 6.43. The molecule has 0 radical (unpaired) electrons. The second-order valence-corrected chi connectivity index (χ2v) is 6.84. The summed E-state index contributed by atoms with van der Waals surface area (Å²) in [7, 11) is 1.66. The van der Waals surface area contributed by atoms with Gasteiger partial charge in [0, 0.05) is 26.8 Å². The lowest BCUT2D eigenvalue weighted by Gasteiger charge is -2.37. The fourth-order valence-corrected chi connectivity index (χ4v) is 3.61. The molecule has 1 atom stereocenters. The molecule has 0 aliphatic carbocycles. The normalized spacial score (nSPS) is 22.4. The van der Waals surface area contributed by atoms with E-state index in [9.17, 15) is 9.59 Å². The van der Waals surface area contributed by atoms with E-state index in [1.54, 1.807) is 18.0 Å². The Balaban J connectivity index is 0.00000225. The molecule has 0 spiro atoms. The summed E-state index contributed by atoms with van der Waals surface area (Å²) in [5, 5.41) is 0.528. The summed E-state index contributed by atoms with van der Waals surface area (Å²) in [5.74, 6) is -0.306. The number of amides is 2. The van der Waals surface area contributed by atoms with Crippen molar-refractivity contribution in [2.75, 3.05) is 31.7 Å². The van der Waals surface area contributed by atoms with Gasteiger partial charge in [-0.05, 0) is 31.4 Å². The quantitative estimate of drug-likeness (QED) is 0.858. The highest BCUT2D eigenvalue weighted by molar-refractivity contribution is 6.34. The predicted octanol–water partition coefficient (Wildman–Crippen LogP) is 1.83. The van der Waals surface area contributed by atoms with Crippen LogP contribution in [0.2, 0.25) is 5.02 Å². The summed E-state index contributed by atoms with van der Waals surface area (Å²) in [4.78, 5) is 28.8. The van der Waals surface area contributed by atoms with Gasteiger partial charge in [-0.3, -0.25) is 9.59 Å². The molecular weight excluding hydrogens is 365 g/mol. The Kier molecular flexibility index (Phi) is 6.32. The lowest BCUT2D eigenvalue weighted by Crippen LogP contribution is -2.59. The largest absolute Gasteiger partial charge is 0.381 e. The van der Waals surface area contributed by atoms with Crippen LogP contribution in [-0.2, 0) is 14.3 Å². The highest BCUT2D eigenvalue weighted by Gasteiger charge is 2.44. The number of para-hydroxylation sites is 1. The molecule has 6 nitrogen and oxygen atoms in total. The van der Waals surface area contributed by atoms with E-state index in [2.05, 4.69) is 0 Å². The summed E-state index contributed by atoms with van der Waals surface area (Å²) in [6, 6.07) is 6.73. The number of anilines is 1. The van der Waals surface area contributed by atoms with Crippen molar-refractivity contribution in [2.24, 2.45) is 5.73 Å². The van der Waals surface area contributed by atoms with Crippen molar-refractivity contribution in [1.82, 2.24) is 4.90 Å². The maximum absolute atomic E-state index is 12.8. The molecule has 1 aromatic carbocycles. The Bertz CT molecular complexity index is 650. The van der Waals surface area contributed by atoms with Crippen molar-refractivity contribution in [3.8, 4) is 0 Å². The number of carbonyl (C=O) groups excluding carboxylic acids is 2. The molecule has 138 valence electrons. The number of hydrogen-bond acceptors (Lipinski definition) is 4. The zero-order valence-electron chi connectivity index (χ0n) is 14.1. The summed E-state index contributed by atoms with van der Waals surface area (Å²) in [6.07, 6.45) is 1.52. The minimum absolute atomic E-state index is 0. The van der Waals surface area contributed by atoms with Gasteiger partial charge in [-0.1, -0.05) is 23.7 Å². The molecule has 3 rings (SSSR count). The van der Waals surface area contributed by atoms with E-state index in [0.717, 1.165) is 0 Å². The lowest BCUT2D eigenvalue weighted by molar-refractivity contribution is -0.144. The van der Waals surface area contributed by atoms with Gasteiger partial charge in [-0.15, -0.1) is 12.4 Å². The number of nitrogens with zero attached hydrogens (tertiary/aromatic N) is 2. The minimum atomic E-state index is -0.939. The van der Waals surface area contributed by atoms with Crippen molar-refractivity contribution in [1.29, 1.82) is 0 Å². The molecule has 2 fully saturated rings. The van der Waals surface area contributed by atoms with Crippen molar-refractivity contribution in [2.45, 2.75) is 30.8 Å². The standard InChI is InChI=1S/C17H22ClN3O3.ClH/c1-20(16(23)17(19)7-10-24-11-8-17)14-6-9-21(15(14)22)13-5-3-2-4-12(13)18;/h2-5,14H,6-11,19H2,1H3;1H. The van der Waals surface area contributed by atoms with Gasteiger partial charge in [0.2, 0.25) is 11.8 Å². The fourth-order valence-electron chi connectivity index (χ4n) is 3.38. The third-order valence-corrected chi connectivity index (χ3v) is 5.24. The van der Waals surface area contributed by atoms with Gasteiger partial charge < -0.3 is 20.3 Å². The van der Waals surface area contributed by atoms with Gasteiger partial charge in [0.15, 0.2) is 0 Å². The lowest BCUT2D eigenvalue weighted by atomic mass is 9.89. The predicted molar refractivity (Wildman–Crippen MR) is 99.2 cm³/mol. The van der Waals surface area contributed by atoms with Crippen molar-refractivity contribution in [3.63, 3.8) is 0 Å². The first-order chi connectivity index (χ1) is 11.4. The molecule has 2 heterocycles. The van der Waals surface area contributed by atoms with Crippen LogP contribution in [-0.4, -0.2) is 55.1 Å². The monoisotopic (exact) mass is 387 g/mol. The highest BCUT2D eigenvalue weighted by Crippen LogP contribution is 2.31. The number of halogens is 2. The SMILES string of the molecule is CN(C(=O)C1(N)CCOCC1)C1CCN(c2ccccc2Cl)C1=O.Cl. The van der Waals surface area contributed by atoms with Gasteiger partial charge in [0.05, 0.1) is 16.2 Å². The van der Waals surface area contributed by atoms with E-state index in [-0.39, 0.29) is 24.2 Å². The molecule has 2 saturated heterocycles. The van der Waals surface area contributed by atoms with Crippen molar-refractivity contribution in [3.05, 3.63) is 29.3 Å². The maximum Gasteiger partial charge on any atom is 0.249 e. The van der Waals surface area contributed by atoms with Crippen LogP contribution in [0, 0.1) is 0 Å². The third kappa shape index (κ3) is 3.77. The number of nitrogens with two attached hydrogens (primary N) is 1. The van der Waals surface area contributed by atoms with Gasteiger partial charge in [0.1, 0.15) is 6.04 Å². The molecule has 2 aliphatic heterocycles. The molecule has 0 aromatic heterocycles. The third-order valence-electron chi connectivity index (χ3n) is 4.92. The molecule has 0 saturated carbocycles. The Morgan fingerprint density at radius 2 is 2.00 bits per heavy atom. The van der Waals surface area contributed by atoms with Crippen LogP contribution in [0.3, 0.4) is 0 Å². The van der Waals surface area contributed by atoms with Gasteiger partial charge in [0.25, 0.3) is 0 Å². The fraction of sp³-hybridized carbons (Fsp3) is 0.529. The zero-order valence-corrected chi connectivity index (χ0v) is 15.7. The van der Waals surface area contributed by atoms with E-state index in [0.29, 0.717) is 49.7 Å². The van der Waals surface area contributed by atoms with Crippen molar-refractivity contribution < 1.29 is 14.3 Å². The van der Waals surface area contributed by atoms with Crippen LogP contribution in [0.5, 0.6) is 0 Å². The molecule has 2 amide bonds. The average Bonchev–Trinajstić information content (AvgIpc) is 2.96. The molecular formula is C17H23Cl2N3O3. The van der Waals surface area contributed by atoms with Crippen molar-refractivity contribution >= 4 is 41.5 Å². The minimum Gasteiger partial charge on any atom is -0.381 e. The van der Waals surface area contributed by atoms with Crippen LogP contribution >= 0.6 is 24.0 Å². The van der Waals surface area contributed by atoms with Crippen LogP contribution in [0.25, 0.3) is 0 Å². The molecule has 8 heteroatoms. The van der Waals surface area contributed by atoms with Gasteiger partial charge >= 0.3 is 0 Å². The van der Waals surface area contributed by atoms with E-state index in [4.69, 9.17) is 22.1 Å². The van der Waals surface area contributed by atoms with E-state index in [1.807, 2.05) is 18.2 Å². The second kappa shape index (κ2) is 7.91. The highest BCUT2D eigenvalue weighted by atomic mass is 35.5. The average molecular weight is 388 g/mol. The molecule has 25 heavy (non-hydrogen) atoms. The molecule has 2 aliphatic rings. The summed E-state index contributed by atoms with van der Waals surface area (Å²) in [6.45, 7) is 1.48. The Morgan fingerprint density at radius 1 is 1.36 bits per heavy atom. The number of ether oxygens (including phenoxy) is 1. The van der Waals surface area contributed by atoms with Crippen LogP contribution < -0.4 is 10.6 Å². The first-order valence-electron chi connectivity index (χ1n) is 8.14. The number of benzene rings is 1. The summed E-state index contributed by atoms with van der Waals surface area (Å²) in [5.41, 5.74) is 6.01. The summed E-state index contributed by atoms with van der Waals surface area (Å²) < 4.78 is 5.29. The zero-order chi connectivity index (χ0) is 17.3. The number of likely N-dealkylation sites (N-methyl/N-ethyl adjacent to an activating group) is 1. The topological polar surface area (TPSA) is 75.9 Å². The Labute approximate surface area is 158 Å². The van der Waals surface area contributed by atoms with E-state index in [1.165, 1.54) is 4.90 Å². The van der Waals surface area contributed by atoms with Gasteiger partial charge in [-0.2, -0.15) is 0 Å². The van der Waals surface area contributed by atoms with Crippen LogP contribution in [0.1, 0.15) is 19.3 Å². The number of carbonyl (C=O) groups is 2. The summed E-state index contributed by atoms with van der Waals surface area (Å²) >= 11 is 6.19. The number of rotatable bonds is 3.